The van der Waals surface area contributed by atoms with Crippen molar-refractivity contribution < 1.29 is 19.2 Å². The third-order valence-corrected chi connectivity index (χ3v) is 3.71. The van der Waals surface area contributed by atoms with Gasteiger partial charge in [0.1, 0.15) is 17.1 Å². The van der Waals surface area contributed by atoms with Crippen LogP contribution in [0.3, 0.4) is 0 Å². The molecule has 0 unspecified atom stereocenters. The Kier molecular flexibility index (Phi) is 3.82. The van der Waals surface area contributed by atoms with E-state index in [4.69, 9.17) is 5.73 Å². The average molecular weight is 297 g/mol. The van der Waals surface area contributed by atoms with Crippen LogP contribution in [0, 0.1) is 15.9 Å². The van der Waals surface area contributed by atoms with Crippen LogP contribution in [0.2, 0.25) is 0 Å². The summed E-state index contributed by atoms with van der Waals surface area (Å²) in [6.07, 6.45) is 0.713. The van der Waals surface area contributed by atoms with Crippen molar-refractivity contribution in [3.63, 3.8) is 0 Å². The number of hydrogen-bond donors (Lipinski definition) is 2. The summed E-state index contributed by atoms with van der Waals surface area (Å²) in [5.74, 6) is -1.58. The van der Waals surface area contributed by atoms with Gasteiger partial charge in [0.25, 0.3) is 11.6 Å². The van der Waals surface area contributed by atoms with Crippen molar-refractivity contribution in [3.05, 3.63) is 33.6 Å². The van der Waals surface area contributed by atoms with Crippen LogP contribution in [0.5, 0.6) is 0 Å². The van der Waals surface area contributed by atoms with Crippen LogP contribution >= 0.6 is 0 Å². The van der Waals surface area contributed by atoms with E-state index in [2.05, 4.69) is 0 Å². The molecule has 1 heterocycles. The van der Waals surface area contributed by atoms with Gasteiger partial charge in [-0.2, -0.15) is 0 Å². The third kappa shape index (κ3) is 2.94. The largest absolute Gasteiger partial charge is 0.392 e. The molecule has 8 heteroatoms. The minimum atomic E-state index is -0.888. The van der Waals surface area contributed by atoms with Crippen molar-refractivity contribution >= 4 is 17.3 Å². The monoisotopic (exact) mass is 297 g/mol. The van der Waals surface area contributed by atoms with Gasteiger partial charge in [0.15, 0.2) is 0 Å². The highest BCUT2D eigenvalue weighted by Crippen LogP contribution is 2.30. The summed E-state index contributed by atoms with van der Waals surface area (Å²) in [5, 5.41) is 20.7. The maximum Gasteiger partial charge on any atom is 0.293 e. The Morgan fingerprint density at radius 2 is 2.05 bits per heavy atom. The minimum absolute atomic E-state index is 0.243. The molecule has 1 amide bonds. The fraction of sp³-hybridized carbons (Fsp3) is 0.462. The zero-order valence-electron chi connectivity index (χ0n) is 11.5. The molecule has 1 aromatic rings. The second-order valence-electron chi connectivity index (χ2n) is 5.40. The van der Waals surface area contributed by atoms with Crippen LogP contribution in [-0.4, -0.2) is 39.5 Å². The molecule has 0 aromatic heterocycles. The Balaban J connectivity index is 2.32. The topological polar surface area (TPSA) is 110 Å². The van der Waals surface area contributed by atoms with E-state index < -0.39 is 39.2 Å². The lowest BCUT2D eigenvalue weighted by Crippen LogP contribution is -2.45. The number of hydrogen-bond acceptors (Lipinski definition) is 5. The average Bonchev–Trinajstić information content (AvgIpc) is 2.38. The van der Waals surface area contributed by atoms with E-state index in [0.29, 0.717) is 12.8 Å². The summed E-state index contributed by atoms with van der Waals surface area (Å²) >= 11 is 0. The maximum atomic E-state index is 13.9. The predicted octanol–water partition coefficient (Wildman–Crippen LogP) is 1.30. The van der Waals surface area contributed by atoms with Crippen LogP contribution in [0.1, 0.15) is 30.1 Å². The number of nitro groups is 1. The molecule has 3 N–H and O–H groups in total. The summed E-state index contributed by atoms with van der Waals surface area (Å²) in [4.78, 5) is 23.7. The number of halogens is 1. The van der Waals surface area contributed by atoms with Gasteiger partial charge in [0.2, 0.25) is 0 Å². The summed E-state index contributed by atoms with van der Waals surface area (Å²) in [5.41, 5.74) is 3.26. The van der Waals surface area contributed by atoms with Gasteiger partial charge in [0, 0.05) is 19.2 Å². The molecule has 0 radical (unpaired) electrons. The fourth-order valence-electron chi connectivity index (χ4n) is 2.31. The van der Waals surface area contributed by atoms with E-state index in [1.807, 2.05) is 0 Å². The van der Waals surface area contributed by atoms with Gasteiger partial charge in [-0.3, -0.25) is 14.9 Å². The van der Waals surface area contributed by atoms with Crippen molar-refractivity contribution in [1.29, 1.82) is 0 Å². The molecule has 1 aliphatic rings. The fourth-order valence-corrected chi connectivity index (χ4v) is 2.31. The van der Waals surface area contributed by atoms with Gasteiger partial charge in [-0.25, -0.2) is 4.39 Å². The highest BCUT2D eigenvalue weighted by atomic mass is 19.1. The molecule has 0 bridgehead atoms. The first-order chi connectivity index (χ1) is 9.73. The molecule has 1 aliphatic heterocycles. The summed E-state index contributed by atoms with van der Waals surface area (Å²) < 4.78 is 13.9. The predicted molar refractivity (Wildman–Crippen MR) is 73.2 cm³/mol. The molecule has 0 spiro atoms. The first-order valence-electron chi connectivity index (χ1n) is 6.47. The lowest BCUT2D eigenvalue weighted by molar-refractivity contribution is -0.384. The Labute approximate surface area is 120 Å². The van der Waals surface area contributed by atoms with E-state index >= 15 is 0 Å². The molecule has 7 nitrogen and oxygen atoms in total. The molecular weight excluding hydrogens is 281 g/mol. The van der Waals surface area contributed by atoms with Gasteiger partial charge < -0.3 is 15.7 Å². The molecular formula is C13H16FN3O4. The third-order valence-electron chi connectivity index (χ3n) is 3.71. The number of carbonyl (C=O) groups excluding carboxylic acids is 1. The lowest BCUT2D eigenvalue weighted by Gasteiger charge is -2.35. The number of piperidine rings is 1. The van der Waals surface area contributed by atoms with Crippen molar-refractivity contribution in [2.45, 2.75) is 25.4 Å². The number of anilines is 1. The standard InChI is InChI=1S/C13H16FN3O4/c1-13(19)4-6-16(7-5-13)12(18)10-8(14)2-3-9(11(10)15)17(20)21/h2-3,19H,4-7,15H2,1H3. The van der Waals surface area contributed by atoms with Crippen LogP contribution < -0.4 is 5.73 Å². The van der Waals surface area contributed by atoms with E-state index in [1.54, 1.807) is 6.92 Å². The van der Waals surface area contributed by atoms with E-state index in [9.17, 15) is 24.4 Å². The lowest BCUT2D eigenvalue weighted by atomic mass is 9.93. The number of rotatable bonds is 2. The number of amides is 1. The molecule has 1 saturated heterocycles. The maximum absolute atomic E-state index is 13.9. The number of nitrogens with zero attached hydrogens (tertiary/aromatic N) is 2. The molecule has 21 heavy (non-hydrogen) atoms. The smallest absolute Gasteiger partial charge is 0.293 e. The van der Waals surface area contributed by atoms with E-state index in [0.717, 1.165) is 12.1 Å². The summed E-state index contributed by atoms with van der Waals surface area (Å²) in [7, 11) is 0. The van der Waals surface area contributed by atoms with Crippen molar-refractivity contribution in [2.24, 2.45) is 0 Å². The van der Waals surface area contributed by atoms with E-state index in [-0.39, 0.29) is 13.1 Å². The SMILES string of the molecule is CC1(O)CCN(C(=O)c2c(F)ccc([N+](=O)[O-])c2N)CC1. The minimum Gasteiger partial charge on any atom is -0.392 e. The Bertz CT molecular complexity index is 593. The van der Waals surface area contributed by atoms with E-state index in [1.165, 1.54) is 4.90 Å². The molecule has 0 aliphatic carbocycles. The van der Waals surface area contributed by atoms with Crippen LogP contribution in [0.15, 0.2) is 12.1 Å². The first-order valence-corrected chi connectivity index (χ1v) is 6.47. The van der Waals surface area contributed by atoms with Gasteiger partial charge in [-0.15, -0.1) is 0 Å². The number of aliphatic hydroxyl groups is 1. The molecule has 2 rings (SSSR count). The van der Waals surface area contributed by atoms with Crippen LogP contribution in [0.25, 0.3) is 0 Å². The number of likely N-dealkylation sites (tertiary alicyclic amines) is 1. The number of benzene rings is 1. The number of nitrogen functional groups attached to an aromatic ring is 1. The molecule has 1 aromatic carbocycles. The highest BCUT2D eigenvalue weighted by molar-refractivity contribution is 6.01. The Hall–Kier alpha value is -2.22. The number of nitrogens with two attached hydrogens (primary N) is 1. The highest BCUT2D eigenvalue weighted by Gasteiger charge is 2.33. The second kappa shape index (κ2) is 5.28. The zero-order valence-corrected chi connectivity index (χ0v) is 11.5. The van der Waals surface area contributed by atoms with Crippen molar-refractivity contribution in [3.8, 4) is 0 Å². The van der Waals surface area contributed by atoms with Gasteiger partial charge >= 0.3 is 0 Å². The summed E-state index contributed by atoms with van der Waals surface area (Å²) in [6.45, 7) is 2.15. The number of nitro benzene ring substituents is 1. The summed E-state index contributed by atoms with van der Waals surface area (Å²) in [6, 6.07) is 1.80. The molecule has 1 fully saturated rings. The van der Waals surface area contributed by atoms with Crippen LogP contribution in [0.4, 0.5) is 15.8 Å². The normalized spacial score (nSPS) is 17.6. The van der Waals surface area contributed by atoms with Crippen LogP contribution in [-0.2, 0) is 0 Å². The Morgan fingerprint density at radius 3 is 2.57 bits per heavy atom. The van der Waals surface area contributed by atoms with Gasteiger partial charge in [-0.1, -0.05) is 0 Å². The molecule has 114 valence electrons. The molecule has 0 saturated carbocycles. The van der Waals surface area contributed by atoms with Crippen molar-refractivity contribution in [1.82, 2.24) is 4.90 Å². The van der Waals surface area contributed by atoms with Gasteiger partial charge in [0.05, 0.1) is 10.5 Å². The quantitative estimate of drug-likeness (QED) is 0.486. The van der Waals surface area contributed by atoms with Crippen molar-refractivity contribution in [2.75, 3.05) is 18.8 Å². The first kappa shape index (κ1) is 15.2. The zero-order chi connectivity index (χ0) is 15.8. The van der Waals surface area contributed by atoms with Gasteiger partial charge in [-0.05, 0) is 25.8 Å². The Morgan fingerprint density at radius 1 is 1.48 bits per heavy atom. The number of carbonyl (C=O) groups is 1. The second-order valence-corrected chi connectivity index (χ2v) is 5.40. The molecule has 0 atom stereocenters.